The van der Waals surface area contributed by atoms with E-state index in [1.165, 1.54) is 12.4 Å². The maximum atomic E-state index is 10.5. The molecule has 6 heteroatoms. The van der Waals surface area contributed by atoms with Gasteiger partial charge in [0.25, 0.3) is 0 Å². The number of H-pyrrole nitrogens is 2. The average Bonchev–Trinajstić information content (AvgIpc) is 3.02. The van der Waals surface area contributed by atoms with Crippen LogP contribution in [0.2, 0.25) is 0 Å². The summed E-state index contributed by atoms with van der Waals surface area (Å²) in [6, 6.07) is 4.77. The van der Waals surface area contributed by atoms with Crippen molar-refractivity contribution < 1.29 is 9.90 Å². The third-order valence-corrected chi connectivity index (χ3v) is 2.07. The van der Waals surface area contributed by atoms with E-state index in [0.717, 1.165) is 11.0 Å². The lowest BCUT2D eigenvalue weighted by atomic mass is 10.2. The van der Waals surface area contributed by atoms with E-state index in [1.807, 2.05) is 0 Å². The minimum absolute atomic E-state index is 0.270. The molecule has 0 saturated heterocycles. The molecule has 0 amide bonds. The molecule has 2 heterocycles. The van der Waals surface area contributed by atoms with Crippen molar-refractivity contribution in [2.75, 3.05) is 0 Å². The second-order valence-corrected chi connectivity index (χ2v) is 3.20. The predicted molar refractivity (Wildman–Crippen MR) is 61.6 cm³/mol. The number of aromatic nitrogens is 4. The first kappa shape index (κ1) is 10.9. The number of nitrogens with zero attached hydrogens (tertiary/aromatic N) is 2. The first-order valence-electron chi connectivity index (χ1n) is 4.86. The first-order valence-corrected chi connectivity index (χ1v) is 4.86. The Labute approximate surface area is 96.4 Å². The Morgan fingerprint density at radius 3 is 2.76 bits per heavy atom. The second-order valence-electron chi connectivity index (χ2n) is 3.20. The number of hydrogen-bond acceptors (Lipinski definition) is 3. The van der Waals surface area contributed by atoms with Crippen LogP contribution in [0.25, 0.3) is 11.0 Å². The first-order chi connectivity index (χ1) is 8.27. The summed E-state index contributed by atoms with van der Waals surface area (Å²) in [5.74, 6) is -0.925. The number of carboxylic acids is 1. The summed E-state index contributed by atoms with van der Waals surface area (Å²) in [7, 11) is 0. The molecule has 3 rings (SSSR count). The number of carboxylic acid groups (broad SMARTS) is 1. The number of imidazole rings is 2. The van der Waals surface area contributed by atoms with Gasteiger partial charge in [-0.3, -0.25) is 0 Å². The van der Waals surface area contributed by atoms with Crippen molar-refractivity contribution in [1.82, 2.24) is 19.9 Å². The molecule has 17 heavy (non-hydrogen) atoms. The van der Waals surface area contributed by atoms with E-state index >= 15 is 0 Å². The lowest BCUT2D eigenvalue weighted by Crippen LogP contribution is -1.94. The fourth-order valence-corrected chi connectivity index (χ4v) is 1.28. The van der Waals surface area contributed by atoms with Gasteiger partial charge < -0.3 is 15.1 Å². The Kier molecular flexibility index (Phi) is 3.15. The van der Waals surface area contributed by atoms with Crippen LogP contribution < -0.4 is 0 Å². The number of nitrogens with one attached hydrogen (secondary N) is 2. The maximum Gasteiger partial charge on any atom is 0.335 e. The summed E-state index contributed by atoms with van der Waals surface area (Å²) in [4.78, 5) is 23.8. The van der Waals surface area contributed by atoms with Crippen molar-refractivity contribution in [1.29, 1.82) is 0 Å². The summed E-state index contributed by atoms with van der Waals surface area (Å²) in [5.41, 5.74) is 1.79. The quantitative estimate of drug-likeness (QED) is 0.592. The average molecular weight is 230 g/mol. The number of aromatic carboxylic acids is 1. The highest BCUT2D eigenvalue weighted by atomic mass is 16.4. The van der Waals surface area contributed by atoms with Gasteiger partial charge in [-0.05, 0) is 18.2 Å². The van der Waals surface area contributed by atoms with E-state index in [1.54, 1.807) is 30.9 Å². The topological polar surface area (TPSA) is 94.7 Å². The fraction of sp³-hybridized carbons (Fsp3) is 0. The minimum Gasteiger partial charge on any atom is -0.478 e. The molecular formula is C11H10N4O2. The van der Waals surface area contributed by atoms with Gasteiger partial charge in [0.1, 0.15) is 0 Å². The number of fused-ring (bicyclic) bond motifs is 1. The van der Waals surface area contributed by atoms with E-state index in [4.69, 9.17) is 5.11 Å². The summed E-state index contributed by atoms with van der Waals surface area (Å²) in [6.07, 6.45) is 6.62. The molecule has 0 aliphatic carbocycles. The Morgan fingerprint density at radius 1 is 1.29 bits per heavy atom. The zero-order chi connectivity index (χ0) is 12.1. The predicted octanol–water partition coefficient (Wildman–Crippen LogP) is 1.67. The minimum atomic E-state index is -0.925. The standard InChI is InChI=1S/C8H6N2O2.C3H4N2/c11-8(12)5-1-2-6-7(3-5)10-4-9-6;1-2-5-3-4-1/h1-4H,(H,9,10)(H,11,12);1-3H,(H,4,5). The van der Waals surface area contributed by atoms with Gasteiger partial charge in [-0.1, -0.05) is 0 Å². The highest BCUT2D eigenvalue weighted by Gasteiger charge is 2.03. The van der Waals surface area contributed by atoms with Gasteiger partial charge in [0.05, 0.1) is 29.3 Å². The van der Waals surface area contributed by atoms with Crippen LogP contribution in [0.3, 0.4) is 0 Å². The van der Waals surface area contributed by atoms with Gasteiger partial charge in [-0.25, -0.2) is 14.8 Å². The summed E-state index contributed by atoms with van der Waals surface area (Å²) in [6.45, 7) is 0. The van der Waals surface area contributed by atoms with Crippen molar-refractivity contribution in [3.63, 3.8) is 0 Å². The van der Waals surface area contributed by atoms with Crippen LogP contribution in [0.5, 0.6) is 0 Å². The maximum absolute atomic E-state index is 10.5. The number of carbonyl (C=O) groups is 1. The summed E-state index contributed by atoms with van der Waals surface area (Å²) in [5, 5.41) is 8.65. The molecule has 1 aromatic carbocycles. The van der Waals surface area contributed by atoms with Crippen molar-refractivity contribution >= 4 is 17.0 Å². The van der Waals surface area contributed by atoms with Gasteiger partial charge in [-0.2, -0.15) is 0 Å². The van der Waals surface area contributed by atoms with Crippen LogP contribution in [0.1, 0.15) is 10.4 Å². The molecule has 0 unspecified atom stereocenters. The van der Waals surface area contributed by atoms with Crippen molar-refractivity contribution in [2.45, 2.75) is 0 Å². The van der Waals surface area contributed by atoms with Crippen LogP contribution in [0.15, 0.2) is 43.2 Å². The van der Waals surface area contributed by atoms with Gasteiger partial charge in [0.15, 0.2) is 0 Å². The summed E-state index contributed by atoms with van der Waals surface area (Å²) < 4.78 is 0. The Balaban J connectivity index is 0.000000181. The number of rotatable bonds is 1. The van der Waals surface area contributed by atoms with E-state index in [9.17, 15) is 4.79 Å². The highest BCUT2D eigenvalue weighted by Crippen LogP contribution is 2.10. The summed E-state index contributed by atoms with van der Waals surface area (Å²) >= 11 is 0. The number of benzene rings is 1. The van der Waals surface area contributed by atoms with Crippen LogP contribution in [0.4, 0.5) is 0 Å². The van der Waals surface area contributed by atoms with Gasteiger partial charge in [0, 0.05) is 12.4 Å². The lowest BCUT2D eigenvalue weighted by Gasteiger charge is -1.92. The molecule has 3 N–H and O–H groups in total. The van der Waals surface area contributed by atoms with Crippen LogP contribution in [-0.4, -0.2) is 31.0 Å². The Morgan fingerprint density at radius 2 is 2.18 bits per heavy atom. The second kappa shape index (κ2) is 4.93. The van der Waals surface area contributed by atoms with Gasteiger partial charge in [-0.15, -0.1) is 0 Å². The molecule has 0 aliphatic rings. The molecule has 86 valence electrons. The van der Waals surface area contributed by atoms with Crippen LogP contribution in [0, 0.1) is 0 Å². The van der Waals surface area contributed by atoms with Crippen LogP contribution in [-0.2, 0) is 0 Å². The zero-order valence-corrected chi connectivity index (χ0v) is 8.79. The third kappa shape index (κ3) is 2.69. The SMILES string of the molecule is O=C(O)c1ccc2nc[nH]c2c1.c1c[nH]cn1. The normalized spacial score (nSPS) is 9.65. The van der Waals surface area contributed by atoms with Crippen molar-refractivity contribution in [2.24, 2.45) is 0 Å². The highest BCUT2D eigenvalue weighted by molar-refractivity contribution is 5.92. The Hall–Kier alpha value is -2.63. The fourth-order valence-electron chi connectivity index (χ4n) is 1.28. The molecule has 2 aromatic heterocycles. The zero-order valence-electron chi connectivity index (χ0n) is 8.79. The molecule has 0 saturated carbocycles. The van der Waals surface area contributed by atoms with Gasteiger partial charge >= 0.3 is 5.97 Å². The Bertz CT molecular complexity index is 584. The van der Waals surface area contributed by atoms with E-state index in [-0.39, 0.29) is 5.56 Å². The molecule has 3 aromatic rings. The molecule has 0 spiro atoms. The number of aromatic amines is 2. The smallest absolute Gasteiger partial charge is 0.335 e. The molecule has 6 nitrogen and oxygen atoms in total. The number of hydrogen-bond donors (Lipinski definition) is 3. The van der Waals surface area contributed by atoms with E-state index in [0.29, 0.717) is 0 Å². The third-order valence-electron chi connectivity index (χ3n) is 2.07. The lowest BCUT2D eigenvalue weighted by molar-refractivity contribution is 0.0697. The monoisotopic (exact) mass is 230 g/mol. The van der Waals surface area contributed by atoms with Crippen LogP contribution >= 0.6 is 0 Å². The van der Waals surface area contributed by atoms with Crippen molar-refractivity contribution in [3.05, 3.63) is 48.8 Å². The molecular weight excluding hydrogens is 220 g/mol. The van der Waals surface area contributed by atoms with Gasteiger partial charge in [0.2, 0.25) is 0 Å². The van der Waals surface area contributed by atoms with E-state index < -0.39 is 5.97 Å². The van der Waals surface area contributed by atoms with E-state index in [2.05, 4.69) is 19.9 Å². The molecule has 0 bridgehead atoms. The van der Waals surface area contributed by atoms with Crippen molar-refractivity contribution in [3.8, 4) is 0 Å². The molecule has 0 atom stereocenters. The molecule has 0 fully saturated rings. The largest absolute Gasteiger partial charge is 0.478 e. The molecule has 0 aliphatic heterocycles. The molecule has 0 radical (unpaired) electrons.